The van der Waals surface area contributed by atoms with Gasteiger partial charge in [0.05, 0.1) is 19.3 Å². The Labute approximate surface area is 104 Å². The summed E-state index contributed by atoms with van der Waals surface area (Å²) in [5.74, 6) is -0.178. The lowest BCUT2D eigenvalue weighted by atomic mass is 10.2. The molecule has 18 heavy (non-hydrogen) atoms. The Morgan fingerprint density at radius 2 is 2.28 bits per heavy atom. The van der Waals surface area contributed by atoms with Gasteiger partial charge in [-0.15, -0.1) is 5.10 Å². The van der Waals surface area contributed by atoms with Crippen molar-refractivity contribution >= 4 is 0 Å². The summed E-state index contributed by atoms with van der Waals surface area (Å²) in [4.78, 5) is 0. The number of ether oxygens (including phenoxy) is 1. The number of rotatable bonds is 5. The van der Waals surface area contributed by atoms with E-state index in [1.54, 1.807) is 24.4 Å². The lowest BCUT2D eigenvalue weighted by Crippen LogP contribution is -2.03. The highest BCUT2D eigenvalue weighted by Gasteiger charge is 2.09. The Morgan fingerprint density at radius 3 is 3.00 bits per heavy atom. The first kappa shape index (κ1) is 12.5. The van der Waals surface area contributed by atoms with E-state index < -0.39 is 0 Å². The normalized spacial score (nSPS) is 10.6. The molecule has 6 heteroatoms. The summed E-state index contributed by atoms with van der Waals surface area (Å²) >= 11 is 0. The summed E-state index contributed by atoms with van der Waals surface area (Å²) in [6, 6.07) is 4.96. The van der Waals surface area contributed by atoms with Gasteiger partial charge in [0.2, 0.25) is 0 Å². The smallest absolute Gasteiger partial charge is 0.170 e. The van der Waals surface area contributed by atoms with Crippen molar-refractivity contribution in [3.05, 3.63) is 41.5 Å². The van der Waals surface area contributed by atoms with Crippen LogP contribution < -0.4 is 4.74 Å². The van der Waals surface area contributed by atoms with Crippen LogP contribution in [0.1, 0.15) is 11.3 Å². The molecule has 0 radical (unpaired) electrons. The predicted octanol–water partition coefficient (Wildman–Crippen LogP) is 1.01. The number of methoxy groups -OCH3 is 1. The number of aliphatic hydroxyl groups excluding tert-OH is 1. The summed E-state index contributed by atoms with van der Waals surface area (Å²) in [7, 11) is 1.43. The van der Waals surface area contributed by atoms with Crippen LogP contribution in [0.15, 0.2) is 24.4 Å². The van der Waals surface area contributed by atoms with E-state index in [4.69, 9.17) is 9.84 Å². The number of halogens is 1. The minimum Gasteiger partial charge on any atom is -0.494 e. The van der Waals surface area contributed by atoms with Crippen LogP contribution in [0.25, 0.3) is 0 Å². The largest absolute Gasteiger partial charge is 0.494 e. The molecule has 0 unspecified atom stereocenters. The minimum atomic E-state index is -0.390. The fraction of sp³-hybridized carbons (Fsp3) is 0.333. The SMILES string of the molecule is COc1cccc(Cn2cc(CCO)nn2)c1F. The number of hydrogen-bond donors (Lipinski definition) is 1. The summed E-state index contributed by atoms with van der Waals surface area (Å²) in [5, 5.41) is 16.5. The van der Waals surface area contributed by atoms with Gasteiger partial charge in [-0.3, -0.25) is 0 Å². The average Bonchev–Trinajstić information content (AvgIpc) is 2.80. The first-order valence-corrected chi connectivity index (χ1v) is 5.56. The second-order valence-corrected chi connectivity index (χ2v) is 3.81. The van der Waals surface area contributed by atoms with Crippen molar-refractivity contribution in [3.63, 3.8) is 0 Å². The second kappa shape index (κ2) is 5.59. The van der Waals surface area contributed by atoms with Gasteiger partial charge in [0.15, 0.2) is 11.6 Å². The Kier molecular flexibility index (Phi) is 3.88. The molecule has 1 aromatic heterocycles. The van der Waals surface area contributed by atoms with Crippen LogP contribution in [0.2, 0.25) is 0 Å². The molecule has 0 saturated carbocycles. The van der Waals surface area contributed by atoms with Gasteiger partial charge in [0, 0.05) is 24.8 Å². The maximum Gasteiger partial charge on any atom is 0.170 e. The lowest BCUT2D eigenvalue weighted by molar-refractivity contribution is 0.298. The molecule has 1 heterocycles. The van der Waals surface area contributed by atoms with E-state index in [0.717, 1.165) is 0 Å². The first-order chi connectivity index (χ1) is 8.74. The summed E-state index contributed by atoms with van der Waals surface area (Å²) < 4.78 is 20.3. The van der Waals surface area contributed by atoms with Gasteiger partial charge >= 0.3 is 0 Å². The van der Waals surface area contributed by atoms with Gasteiger partial charge in [-0.2, -0.15) is 0 Å². The second-order valence-electron chi connectivity index (χ2n) is 3.81. The molecule has 0 saturated heterocycles. The molecule has 96 valence electrons. The molecule has 0 bridgehead atoms. The highest BCUT2D eigenvalue weighted by molar-refractivity contribution is 5.31. The number of benzene rings is 1. The standard InChI is InChI=1S/C12H14FN3O2/c1-18-11-4-2-3-9(12(11)13)7-16-8-10(5-6-17)14-15-16/h2-4,8,17H,5-7H2,1H3. The van der Waals surface area contributed by atoms with Crippen molar-refractivity contribution in [2.45, 2.75) is 13.0 Å². The van der Waals surface area contributed by atoms with Gasteiger partial charge in [-0.1, -0.05) is 17.3 Å². The first-order valence-electron chi connectivity index (χ1n) is 5.56. The van der Waals surface area contributed by atoms with Gasteiger partial charge in [0.1, 0.15) is 0 Å². The van der Waals surface area contributed by atoms with Crippen LogP contribution in [0.5, 0.6) is 5.75 Å². The maximum absolute atomic E-state index is 13.9. The highest BCUT2D eigenvalue weighted by Crippen LogP contribution is 2.20. The molecule has 2 aromatic rings. The molecule has 0 fully saturated rings. The summed E-state index contributed by atoms with van der Waals surface area (Å²) in [5.41, 5.74) is 1.16. The molecule has 1 aromatic carbocycles. The maximum atomic E-state index is 13.9. The number of hydrogen-bond acceptors (Lipinski definition) is 4. The predicted molar refractivity (Wildman–Crippen MR) is 62.9 cm³/mol. The van der Waals surface area contributed by atoms with E-state index in [1.807, 2.05) is 0 Å². The molecule has 5 nitrogen and oxygen atoms in total. The zero-order valence-electron chi connectivity index (χ0n) is 10.0. The van der Waals surface area contributed by atoms with Crippen LogP contribution in [-0.4, -0.2) is 33.8 Å². The molecule has 0 atom stereocenters. The Balaban J connectivity index is 2.17. The number of nitrogens with zero attached hydrogens (tertiary/aromatic N) is 3. The van der Waals surface area contributed by atoms with Gasteiger partial charge in [-0.25, -0.2) is 9.07 Å². The fourth-order valence-electron chi connectivity index (χ4n) is 1.66. The van der Waals surface area contributed by atoms with E-state index in [9.17, 15) is 4.39 Å². The Bertz CT molecular complexity index is 528. The van der Waals surface area contributed by atoms with E-state index in [0.29, 0.717) is 17.7 Å². The molecule has 0 aliphatic carbocycles. The zero-order valence-corrected chi connectivity index (χ0v) is 10.0. The van der Waals surface area contributed by atoms with Crippen LogP contribution in [-0.2, 0) is 13.0 Å². The van der Waals surface area contributed by atoms with E-state index in [2.05, 4.69) is 10.3 Å². The van der Waals surface area contributed by atoms with Gasteiger partial charge in [-0.05, 0) is 6.07 Å². The van der Waals surface area contributed by atoms with Crippen molar-refractivity contribution < 1.29 is 14.2 Å². The lowest BCUT2D eigenvalue weighted by Gasteiger charge is -2.06. The topological polar surface area (TPSA) is 60.2 Å². The quantitative estimate of drug-likeness (QED) is 0.861. The third-order valence-corrected chi connectivity index (χ3v) is 2.55. The average molecular weight is 251 g/mol. The molecule has 0 spiro atoms. The Hall–Kier alpha value is -1.95. The van der Waals surface area contributed by atoms with Crippen molar-refractivity contribution in [3.8, 4) is 5.75 Å². The molecule has 0 aliphatic rings. The molecule has 2 rings (SSSR count). The zero-order chi connectivity index (χ0) is 13.0. The van der Waals surface area contributed by atoms with Crippen molar-refractivity contribution in [2.75, 3.05) is 13.7 Å². The van der Waals surface area contributed by atoms with Crippen LogP contribution >= 0.6 is 0 Å². The number of aromatic nitrogens is 3. The molecule has 0 aliphatic heterocycles. The van der Waals surface area contributed by atoms with Gasteiger partial charge in [0.25, 0.3) is 0 Å². The molecule has 1 N–H and O–H groups in total. The third-order valence-electron chi connectivity index (χ3n) is 2.55. The van der Waals surface area contributed by atoms with E-state index in [-0.39, 0.29) is 24.7 Å². The van der Waals surface area contributed by atoms with Crippen molar-refractivity contribution in [1.29, 1.82) is 0 Å². The van der Waals surface area contributed by atoms with E-state index in [1.165, 1.54) is 11.8 Å². The molecular formula is C12H14FN3O2. The van der Waals surface area contributed by atoms with Crippen molar-refractivity contribution in [2.24, 2.45) is 0 Å². The highest BCUT2D eigenvalue weighted by atomic mass is 19.1. The molecular weight excluding hydrogens is 237 g/mol. The van der Waals surface area contributed by atoms with Crippen LogP contribution in [0.4, 0.5) is 4.39 Å². The summed E-state index contributed by atoms with van der Waals surface area (Å²) in [6.45, 7) is 0.299. The van der Waals surface area contributed by atoms with Crippen LogP contribution in [0.3, 0.4) is 0 Å². The fourth-order valence-corrected chi connectivity index (χ4v) is 1.66. The minimum absolute atomic E-state index is 0.0201. The van der Waals surface area contributed by atoms with Gasteiger partial charge < -0.3 is 9.84 Å². The Morgan fingerprint density at radius 1 is 1.44 bits per heavy atom. The van der Waals surface area contributed by atoms with Crippen molar-refractivity contribution in [1.82, 2.24) is 15.0 Å². The third kappa shape index (κ3) is 2.65. The summed E-state index contributed by atoms with van der Waals surface area (Å²) in [6.07, 6.45) is 2.13. The molecule has 0 amide bonds. The van der Waals surface area contributed by atoms with Crippen LogP contribution in [0, 0.1) is 5.82 Å². The monoisotopic (exact) mass is 251 g/mol. The van der Waals surface area contributed by atoms with E-state index >= 15 is 0 Å². The number of aliphatic hydroxyl groups is 1.